The van der Waals surface area contributed by atoms with Crippen LogP contribution >= 0.6 is 0 Å². The van der Waals surface area contributed by atoms with Crippen LogP contribution in [0.2, 0.25) is 0 Å². The van der Waals surface area contributed by atoms with E-state index >= 15 is 0 Å². The minimum Gasteiger partial charge on any atom is -0.389 e. The molecule has 86 valence electrons. The predicted molar refractivity (Wildman–Crippen MR) is 65.7 cm³/mol. The van der Waals surface area contributed by atoms with E-state index in [1.54, 1.807) is 0 Å². The van der Waals surface area contributed by atoms with Gasteiger partial charge in [0.05, 0.1) is 6.10 Å². The molecule has 1 N–H and O–H groups in total. The number of benzene rings is 2. The van der Waals surface area contributed by atoms with Gasteiger partial charge in [-0.3, -0.25) is 0 Å². The lowest BCUT2D eigenvalue weighted by Crippen LogP contribution is -2.19. The van der Waals surface area contributed by atoms with E-state index in [1.165, 1.54) is 0 Å². The summed E-state index contributed by atoms with van der Waals surface area (Å²) in [6.45, 7) is -0.715. The normalized spacial score (nSPS) is 15.4. The van der Waals surface area contributed by atoms with E-state index in [9.17, 15) is 9.50 Å². The van der Waals surface area contributed by atoms with Gasteiger partial charge in [-0.15, -0.1) is 0 Å². The number of rotatable bonds is 2. The van der Waals surface area contributed by atoms with Gasteiger partial charge < -0.3 is 5.11 Å². The van der Waals surface area contributed by atoms with Gasteiger partial charge >= 0.3 is 0 Å². The van der Waals surface area contributed by atoms with Crippen LogP contribution in [-0.2, 0) is 0 Å². The fraction of sp³-hybridized carbons (Fsp3) is 0.200. The maximum atomic E-state index is 12.8. The summed E-state index contributed by atoms with van der Waals surface area (Å²) in [5.74, 6) is -0.229. The topological polar surface area (TPSA) is 20.2 Å². The molecule has 1 unspecified atom stereocenters. The Hall–Kier alpha value is -1.67. The second kappa shape index (κ2) is 3.97. The van der Waals surface area contributed by atoms with Gasteiger partial charge in [0.25, 0.3) is 0 Å². The van der Waals surface area contributed by atoms with Gasteiger partial charge in [-0.1, -0.05) is 48.5 Å². The van der Waals surface area contributed by atoms with Crippen molar-refractivity contribution >= 4 is 0 Å². The van der Waals surface area contributed by atoms with E-state index in [4.69, 9.17) is 0 Å². The zero-order chi connectivity index (χ0) is 11.8. The number of alkyl halides is 1. The van der Waals surface area contributed by atoms with Crippen molar-refractivity contribution in [3.63, 3.8) is 0 Å². The molecule has 0 heterocycles. The van der Waals surface area contributed by atoms with E-state index in [1.807, 2.05) is 48.5 Å². The zero-order valence-corrected chi connectivity index (χ0v) is 9.31. The van der Waals surface area contributed by atoms with Gasteiger partial charge in [-0.05, 0) is 22.3 Å². The maximum Gasteiger partial charge on any atom is 0.116 e. The molecule has 0 spiro atoms. The van der Waals surface area contributed by atoms with Crippen LogP contribution in [0.15, 0.2) is 48.5 Å². The summed E-state index contributed by atoms with van der Waals surface area (Å²) in [4.78, 5) is 0. The summed E-state index contributed by atoms with van der Waals surface area (Å²) in [7, 11) is 0. The zero-order valence-electron chi connectivity index (χ0n) is 9.31. The van der Waals surface area contributed by atoms with Crippen molar-refractivity contribution in [2.75, 3.05) is 6.67 Å². The second-order valence-corrected chi connectivity index (χ2v) is 4.37. The molecule has 2 aromatic rings. The van der Waals surface area contributed by atoms with Crippen molar-refractivity contribution in [2.24, 2.45) is 0 Å². The van der Waals surface area contributed by atoms with Gasteiger partial charge in [0, 0.05) is 5.92 Å². The molecule has 0 saturated carbocycles. The van der Waals surface area contributed by atoms with Crippen LogP contribution in [0.5, 0.6) is 0 Å². The summed E-state index contributed by atoms with van der Waals surface area (Å²) in [5.41, 5.74) is 4.28. The van der Waals surface area contributed by atoms with Crippen LogP contribution in [0.3, 0.4) is 0 Å². The molecule has 3 rings (SSSR count). The second-order valence-electron chi connectivity index (χ2n) is 4.37. The fourth-order valence-corrected chi connectivity index (χ4v) is 2.70. The van der Waals surface area contributed by atoms with Crippen LogP contribution in [0.25, 0.3) is 11.1 Å². The highest BCUT2D eigenvalue weighted by Crippen LogP contribution is 2.45. The molecular formula is C15H13FO. The molecule has 2 aromatic carbocycles. The smallest absolute Gasteiger partial charge is 0.116 e. The summed E-state index contributed by atoms with van der Waals surface area (Å²) < 4.78 is 12.8. The van der Waals surface area contributed by atoms with Crippen molar-refractivity contribution in [3.05, 3.63) is 59.7 Å². The molecule has 17 heavy (non-hydrogen) atoms. The van der Waals surface area contributed by atoms with Crippen molar-refractivity contribution in [3.8, 4) is 11.1 Å². The summed E-state index contributed by atoms with van der Waals surface area (Å²) >= 11 is 0. The average Bonchev–Trinajstić information content (AvgIpc) is 2.72. The number of fused-ring (bicyclic) bond motifs is 3. The third-order valence-corrected chi connectivity index (χ3v) is 3.42. The van der Waals surface area contributed by atoms with Gasteiger partial charge in [0.2, 0.25) is 0 Å². The molecule has 0 aromatic heterocycles. The molecule has 1 atom stereocenters. The van der Waals surface area contributed by atoms with Crippen LogP contribution < -0.4 is 0 Å². The van der Waals surface area contributed by atoms with Crippen LogP contribution in [-0.4, -0.2) is 17.9 Å². The van der Waals surface area contributed by atoms with E-state index in [0.717, 1.165) is 22.3 Å². The minimum absolute atomic E-state index is 0.229. The molecule has 1 nitrogen and oxygen atoms in total. The lowest BCUT2D eigenvalue weighted by atomic mass is 9.92. The number of aliphatic hydroxyl groups excluding tert-OH is 1. The Labute approximate surface area is 99.5 Å². The molecule has 0 saturated heterocycles. The number of aliphatic hydroxyl groups is 1. The first-order chi connectivity index (χ1) is 8.33. The Bertz CT molecular complexity index is 505. The molecule has 1 aliphatic rings. The molecule has 2 heteroatoms. The van der Waals surface area contributed by atoms with Crippen LogP contribution in [0.1, 0.15) is 17.0 Å². The van der Waals surface area contributed by atoms with Gasteiger partial charge in [-0.2, -0.15) is 0 Å². The monoisotopic (exact) mass is 228 g/mol. The Balaban J connectivity index is 2.23. The first-order valence-corrected chi connectivity index (χ1v) is 5.75. The summed E-state index contributed by atoms with van der Waals surface area (Å²) in [5, 5.41) is 9.88. The molecule has 1 aliphatic carbocycles. The Morgan fingerprint density at radius 2 is 1.41 bits per heavy atom. The van der Waals surface area contributed by atoms with Crippen molar-refractivity contribution in [1.82, 2.24) is 0 Å². The van der Waals surface area contributed by atoms with Crippen molar-refractivity contribution in [1.29, 1.82) is 0 Å². The van der Waals surface area contributed by atoms with E-state index in [0.29, 0.717) is 0 Å². The highest BCUT2D eigenvalue weighted by atomic mass is 19.1. The highest BCUT2D eigenvalue weighted by molar-refractivity contribution is 5.79. The molecule has 0 aliphatic heterocycles. The van der Waals surface area contributed by atoms with Crippen molar-refractivity contribution < 1.29 is 9.50 Å². The van der Waals surface area contributed by atoms with Crippen molar-refractivity contribution in [2.45, 2.75) is 12.0 Å². The number of halogens is 1. The lowest BCUT2D eigenvalue weighted by Gasteiger charge is -2.17. The quantitative estimate of drug-likeness (QED) is 0.837. The highest BCUT2D eigenvalue weighted by Gasteiger charge is 2.32. The molecular weight excluding hydrogens is 215 g/mol. The lowest BCUT2D eigenvalue weighted by molar-refractivity contribution is 0.125. The van der Waals surface area contributed by atoms with Gasteiger partial charge in [0.1, 0.15) is 6.67 Å². The van der Waals surface area contributed by atoms with E-state index < -0.39 is 12.8 Å². The Morgan fingerprint density at radius 1 is 0.941 bits per heavy atom. The standard InChI is InChI=1S/C15H13FO/c16-9-14(17)15-12-7-3-1-5-10(12)11-6-2-4-8-13(11)15/h1-8,14-15,17H,9H2. The summed E-state index contributed by atoms with van der Waals surface area (Å²) in [6, 6.07) is 15.8. The molecule has 0 fully saturated rings. The van der Waals surface area contributed by atoms with Crippen LogP contribution in [0, 0.1) is 0 Å². The van der Waals surface area contributed by atoms with Gasteiger partial charge in [-0.25, -0.2) is 4.39 Å². The minimum atomic E-state index is -0.959. The van der Waals surface area contributed by atoms with Crippen LogP contribution in [0.4, 0.5) is 4.39 Å². The molecule has 0 amide bonds. The first-order valence-electron chi connectivity index (χ1n) is 5.75. The molecule has 0 bridgehead atoms. The fourth-order valence-electron chi connectivity index (χ4n) is 2.70. The Morgan fingerprint density at radius 3 is 1.88 bits per heavy atom. The molecule has 0 radical (unpaired) electrons. The summed E-state index contributed by atoms with van der Waals surface area (Å²) in [6.07, 6.45) is -0.959. The number of hydrogen-bond acceptors (Lipinski definition) is 1. The first kappa shape index (κ1) is 10.5. The largest absolute Gasteiger partial charge is 0.389 e. The number of hydrogen-bond donors (Lipinski definition) is 1. The third kappa shape index (κ3) is 1.48. The SMILES string of the molecule is OC(CF)C1c2ccccc2-c2ccccc21. The van der Waals surface area contributed by atoms with E-state index in [2.05, 4.69) is 0 Å². The van der Waals surface area contributed by atoms with Gasteiger partial charge in [0.15, 0.2) is 0 Å². The predicted octanol–water partition coefficient (Wildman–Crippen LogP) is 3.13. The maximum absolute atomic E-state index is 12.8. The Kier molecular flexibility index (Phi) is 2.45. The van der Waals surface area contributed by atoms with E-state index in [-0.39, 0.29) is 5.92 Å². The third-order valence-electron chi connectivity index (χ3n) is 3.42. The average molecular weight is 228 g/mol.